The summed E-state index contributed by atoms with van der Waals surface area (Å²) in [5.41, 5.74) is 2.91. The molecule has 0 radical (unpaired) electrons. The fourth-order valence-electron chi connectivity index (χ4n) is 3.56. The summed E-state index contributed by atoms with van der Waals surface area (Å²) in [6.45, 7) is 3.41. The molecule has 0 aliphatic carbocycles. The second-order valence-electron chi connectivity index (χ2n) is 7.67. The van der Waals surface area contributed by atoms with E-state index in [9.17, 15) is 13.2 Å². The maximum absolute atomic E-state index is 12.5. The summed E-state index contributed by atoms with van der Waals surface area (Å²) in [6, 6.07) is 12.5. The normalized spacial score (nSPS) is 12.4. The average Bonchev–Trinajstić information content (AvgIpc) is 3.28. The fraction of sp³-hybridized carbons (Fsp3) is 0.364. The highest BCUT2D eigenvalue weighted by atomic mass is 32.2. The van der Waals surface area contributed by atoms with Crippen molar-refractivity contribution in [1.82, 2.24) is 18.4 Å². The van der Waals surface area contributed by atoms with Crippen molar-refractivity contribution in [3.05, 3.63) is 53.0 Å². The van der Waals surface area contributed by atoms with E-state index in [1.807, 2.05) is 24.3 Å². The number of rotatable bonds is 9. The lowest BCUT2D eigenvalue weighted by molar-refractivity contribution is 0.514. The van der Waals surface area contributed by atoms with E-state index in [0.29, 0.717) is 23.4 Å². The molecule has 4 rings (SSSR count). The van der Waals surface area contributed by atoms with Gasteiger partial charge in [-0.05, 0) is 36.8 Å². The fourth-order valence-corrected chi connectivity index (χ4v) is 5.44. The lowest BCUT2D eigenvalue weighted by Gasteiger charge is -2.11. The van der Waals surface area contributed by atoms with Gasteiger partial charge in [-0.3, -0.25) is 4.57 Å². The van der Waals surface area contributed by atoms with Crippen LogP contribution in [0.1, 0.15) is 19.8 Å². The van der Waals surface area contributed by atoms with Crippen LogP contribution in [0.3, 0.4) is 0 Å². The Morgan fingerprint density at radius 3 is 2.59 bits per heavy atom. The van der Waals surface area contributed by atoms with Gasteiger partial charge < -0.3 is 8.98 Å². The Hall–Kier alpha value is -2.56. The maximum atomic E-state index is 12.5. The van der Waals surface area contributed by atoms with Gasteiger partial charge in [0.25, 0.3) is 0 Å². The van der Waals surface area contributed by atoms with E-state index < -0.39 is 10.0 Å². The van der Waals surface area contributed by atoms with Crippen molar-refractivity contribution in [2.24, 2.45) is 0 Å². The second kappa shape index (κ2) is 9.13. The Bertz CT molecular complexity index is 1420. The Kier molecular flexibility index (Phi) is 6.45. The van der Waals surface area contributed by atoms with Gasteiger partial charge in [0.1, 0.15) is 0 Å². The highest BCUT2D eigenvalue weighted by Crippen LogP contribution is 2.28. The quantitative estimate of drug-likeness (QED) is 0.343. The number of hydrogen-bond acceptors (Lipinski definition) is 6. The molecular formula is C22H26N4O4S2. The molecule has 0 unspecified atom stereocenters. The average molecular weight is 475 g/mol. The molecule has 2 heterocycles. The van der Waals surface area contributed by atoms with E-state index in [2.05, 4.69) is 11.5 Å². The Balaban J connectivity index is 1.63. The molecule has 2 aromatic heterocycles. The molecule has 0 atom stereocenters. The maximum Gasteiger partial charge on any atom is 0.419 e. The Morgan fingerprint density at radius 2 is 1.84 bits per heavy atom. The molecule has 8 nitrogen and oxygen atoms in total. The number of fused-ring (bicyclic) bond motifs is 2. The van der Waals surface area contributed by atoms with Crippen LogP contribution in [0.4, 0.5) is 0 Å². The predicted octanol–water partition coefficient (Wildman–Crippen LogP) is 3.79. The van der Waals surface area contributed by atoms with Gasteiger partial charge in [0.2, 0.25) is 10.0 Å². The predicted molar refractivity (Wildman–Crippen MR) is 127 cm³/mol. The molecule has 0 saturated carbocycles. The summed E-state index contributed by atoms with van der Waals surface area (Å²) in [7, 11) is -0.500. The van der Waals surface area contributed by atoms with Gasteiger partial charge >= 0.3 is 5.76 Å². The zero-order chi connectivity index (χ0) is 22.9. The molecule has 0 saturated heterocycles. The number of benzene rings is 2. The number of sulfonamides is 1. The Labute approximate surface area is 190 Å². The summed E-state index contributed by atoms with van der Waals surface area (Å²) in [6.07, 6.45) is 2.02. The number of aryl methyl sites for hydroxylation is 2. The van der Waals surface area contributed by atoms with Crippen molar-refractivity contribution in [2.75, 3.05) is 19.8 Å². The topological polar surface area (TPSA) is 90.3 Å². The minimum absolute atomic E-state index is 0.225. The molecule has 0 aliphatic rings. The third-order valence-corrected chi connectivity index (χ3v) is 8.09. The van der Waals surface area contributed by atoms with Crippen molar-refractivity contribution in [3.8, 4) is 0 Å². The molecule has 0 N–H and O–H groups in total. The Morgan fingerprint density at radius 1 is 1.06 bits per heavy atom. The molecular weight excluding hydrogens is 448 g/mol. The van der Waals surface area contributed by atoms with Gasteiger partial charge in [-0.25, -0.2) is 22.5 Å². The number of imidazole rings is 1. The van der Waals surface area contributed by atoms with Gasteiger partial charge in [0.05, 0.1) is 21.4 Å². The zero-order valence-electron chi connectivity index (χ0n) is 18.3. The number of nitrogens with zero attached hydrogens (tertiary/aromatic N) is 4. The third kappa shape index (κ3) is 4.22. The number of para-hydroxylation sites is 2. The highest BCUT2D eigenvalue weighted by Gasteiger charge is 2.20. The summed E-state index contributed by atoms with van der Waals surface area (Å²) in [4.78, 5) is 17.2. The third-order valence-electron chi connectivity index (χ3n) is 5.32. The van der Waals surface area contributed by atoms with Crippen LogP contribution >= 0.6 is 11.8 Å². The molecule has 2 aromatic carbocycles. The van der Waals surface area contributed by atoms with Crippen LogP contribution in [0, 0.1) is 0 Å². The first kappa shape index (κ1) is 22.6. The van der Waals surface area contributed by atoms with E-state index >= 15 is 0 Å². The van der Waals surface area contributed by atoms with Crippen LogP contribution in [0.15, 0.2) is 61.7 Å². The van der Waals surface area contributed by atoms with Gasteiger partial charge in [0, 0.05) is 32.9 Å². The molecule has 4 aromatic rings. The SMILES string of the molecule is CCCCn1c(SCCn2c(=O)oc3ccccc32)nc2cc(S(=O)(=O)N(C)C)ccc21. The molecule has 0 fully saturated rings. The lowest BCUT2D eigenvalue weighted by Crippen LogP contribution is -2.22. The molecule has 10 heteroatoms. The second-order valence-corrected chi connectivity index (χ2v) is 10.9. The first-order chi connectivity index (χ1) is 15.3. The van der Waals surface area contributed by atoms with Crippen molar-refractivity contribution >= 4 is 43.9 Å². The van der Waals surface area contributed by atoms with Gasteiger partial charge in [-0.1, -0.05) is 37.2 Å². The van der Waals surface area contributed by atoms with Gasteiger partial charge in [-0.15, -0.1) is 0 Å². The zero-order valence-corrected chi connectivity index (χ0v) is 19.9. The molecule has 0 bridgehead atoms. The van der Waals surface area contributed by atoms with E-state index in [-0.39, 0.29) is 10.7 Å². The number of hydrogen-bond donors (Lipinski definition) is 0. The largest absolute Gasteiger partial charge is 0.419 e. The van der Waals surface area contributed by atoms with Crippen LogP contribution in [0.2, 0.25) is 0 Å². The van der Waals surface area contributed by atoms with Gasteiger partial charge in [0.15, 0.2) is 10.7 Å². The first-order valence-corrected chi connectivity index (χ1v) is 12.9. The minimum Gasteiger partial charge on any atom is -0.408 e. The number of unbranched alkanes of at least 4 members (excludes halogenated alkanes) is 1. The summed E-state index contributed by atoms with van der Waals surface area (Å²) >= 11 is 1.55. The molecule has 0 aliphatic heterocycles. The first-order valence-electron chi connectivity index (χ1n) is 10.5. The van der Waals surface area contributed by atoms with E-state index in [1.54, 1.807) is 34.5 Å². The smallest absolute Gasteiger partial charge is 0.408 e. The summed E-state index contributed by atoms with van der Waals surface area (Å²) in [5.74, 6) is 0.256. The monoisotopic (exact) mass is 474 g/mol. The van der Waals surface area contributed by atoms with Crippen molar-refractivity contribution in [1.29, 1.82) is 0 Å². The molecule has 0 spiro atoms. The van der Waals surface area contributed by atoms with Crippen LogP contribution in [-0.4, -0.2) is 46.7 Å². The summed E-state index contributed by atoms with van der Waals surface area (Å²) in [5, 5.41) is 0.814. The lowest BCUT2D eigenvalue weighted by atomic mass is 10.3. The van der Waals surface area contributed by atoms with Crippen molar-refractivity contribution in [2.45, 2.75) is 42.9 Å². The van der Waals surface area contributed by atoms with Crippen molar-refractivity contribution < 1.29 is 12.8 Å². The number of oxazole rings is 1. The summed E-state index contributed by atoms with van der Waals surface area (Å²) < 4.78 is 35.3. The van der Waals surface area contributed by atoms with Crippen LogP contribution in [0.5, 0.6) is 0 Å². The standard InChI is InChI=1S/C22H26N4O4S2/c1-4-5-12-25-18-11-10-16(32(28,29)24(2)3)15-17(18)23-21(25)31-14-13-26-19-8-6-7-9-20(19)30-22(26)27/h6-11,15H,4-5,12-14H2,1-3H3. The van der Waals surface area contributed by atoms with E-state index in [1.165, 1.54) is 18.4 Å². The number of thioether (sulfide) groups is 1. The molecule has 170 valence electrons. The molecule has 32 heavy (non-hydrogen) atoms. The van der Waals surface area contributed by atoms with Crippen LogP contribution in [-0.2, 0) is 23.1 Å². The van der Waals surface area contributed by atoms with Crippen LogP contribution in [0.25, 0.3) is 22.1 Å². The number of aromatic nitrogens is 3. The van der Waals surface area contributed by atoms with Crippen molar-refractivity contribution in [3.63, 3.8) is 0 Å². The van der Waals surface area contributed by atoms with Gasteiger partial charge in [-0.2, -0.15) is 0 Å². The minimum atomic E-state index is -3.53. The molecule has 0 amide bonds. The van der Waals surface area contributed by atoms with E-state index in [4.69, 9.17) is 9.40 Å². The van der Waals surface area contributed by atoms with Crippen LogP contribution < -0.4 is 5.76 Å². The van der Waals surface area contributed by atoms with E-state index in [0.717, 1.165) is 35.6 Å². The highest BCUT2D eigenvalue weighted by molar-refractivity contribution is 7.99.